The number of furan rings is 1. The van der Waals surface area contributed by atoms with E-state index in [1.54, 1.807) is 0 Å². The molecule has 0 bridgehead atoms. The van der Waals surface area contributed by atoms with Gasteiger partial charge < -0.3 is 4.42 Å². The van der Waals surface area contributed by atoms with Crippen LogP contribution in [-0.2, 0) is 5.41 Å². The van der Waals surface area contributed by atoms with Gasteiger partial charge in [-0.25, -0.2) is 9.97 Å². The van der Waals surface area contributed by atoms with E-state index >= 15 is 0 Å². The molecule has 0 aliphatic heterocycles. The average Bonchev–Trinajstić information content (AvgIpc) is 3.72. The van der Waals surface area contributed by atoms with E-state index in [1.165, 1.54) is 33.4 Å². The van der Waals surface area contributed by atoms with Crippen LogP contribution in [0.1, 0.15) is 22.3 Å². The molecule has 3 heteroatoms. The van der Waals surface area contributed by atoms with Crippen molar-refractivity contribution in [2.45, 2.75) is 5.41 Å². The van der Waals surface area contributed by atoms with Crippen LogP contribution in [0.2, 0.25) is 0 Å². The average molecular weight is 639 g/mol. The summed E-state index contributed by atoms with van der Waals surface area (Å²) in [6, 6.07) is 64.5. The predicted molar refractivity (Wildman–Crippen MR) is 203 cm³/mol. The first-order valence-electron chi connectivity index (χ1n) is 17.0. The molecule has 0 atom stereocenters. The van der Waals surface area contributed by atoms with Crippen molar-refractivity contribution in [3.63, 3.8) is 0 Å². The second-order valence-corrected chi connectivity index (χ2v) is 12.9. The lowest BCUT2D eigenvalue weighted by Crippen LogP contribution is -2.28. The largest absolute Gasteiger partial charge is 0.452 e. The van der Waals surface area contributed by atoms with Crippen molar-refractivity contribution >= 4 is 22.1 Å². The van der Waals surface area contributed by atoms with Crippen LogP contribution in [0.4, 0.5) is 0 Å². The molecule has 0 fully saturated rings. The molecule has 2 aromatic heterocycles. The summed E-state index contributed by atoms with van der Waals surface area (Å²) in [5.41, 5.74) is 14.1. The third-order valence-corrected chi connectivity index (χ3v) is 10.2. The van der Waals surface area contributed by atoms with Crippen molar-refractivity contribution in [2.24, 2.45) is 0 Å². The third-order valence-electron chi connectivity index (χ3n) is 10.2. The number of fused-ring (bicyclic) bond motifs is 6. The molecule has 0 unspecified atom stereocenters. The lowest BCUT2D eigenvalue weighted by Gasteiger charge is -2.34. The summed E-state index contributed by atoms with van der Waals surface area (Å²) in [5, 5.41) is 0.975. The summed E-state index contributed by atoms with van der Waals surface area (Å²) >= 11 is 0. The molecule has 9 aromatic rings. The zero-order chi connectivity index (χ0) is 33.1. The summed E-state index contributed by atoms with van der Waals surface area (Å²) in [6.45, 7) is 0. The fourth-order valence-electron chi connectivity index (χ4n) is 8.03. The number of rotatable bonds is 5. The zero-order valence-electron chi connectivity index (χ0n) is 27.1. The molecule has 0 radical (unpaired) electrons. The van der Waals surface area contributed by atoms with E-state index in [-0.39, 0.29) is 0 Å². The number of hydrogen-bond acceptors (Lipinski definition) is 3. The molecule has 0 saturated carbocycles. The van der Waals surface area contributed by atoms with Crippen LogP contribution in [0.15, 0.2) is 186 Å². The predicted octanol–water partition coefficient (Wildman–Crippen LogP) is 11.7. The molecule has 3 nitrogen and oxygen atoms in total. The Balaban J connectivity index is 1.34. The summed E-state index contributed by atoms with van der Waals surface area (Å²) in [7, 11) is 0. The molecule has 0 spiro atoms. The maximum Gasteiger partial charge on any atom is 0.180 e. The monoisotopic (exact) mass is 638 g/mol. The Morgan fingerprint density at radius 3 is 1.70 bits per heavy atom. The summed E-state index contributed by atoms with van der Waals surface area (Å²) in [5.74, 6) is 0.666. The Bertz CT molecular complexity index is 2640. The van der Waals surface area contributed by atoms with Gasteiger partial charge in [-0.3, -0.25) is 0 Å². The normalized spacial score (nSPS) is 13.0. The van der Waals surface area contributed by atoms with Crippen molar-refractivity contribution in [2.75, 3.05) is 0 Å². The maximum absolute atomic E-state index is 6.46. The molecule has 50 heavy (non-hydrogen) atoms. The van der Waals surface area contributed by atoms with Gasteiger partial charge in [0.05, 0.1) is 5.41 Å². The molecule has 0 saturated heterocycles. The summed E-state index contributed by atoms with van der Waals surface area (Å²) in [6.07, 6.45) is 0. The van der Waals surface area contributed by atoms with E-state index < -0.39 is 5.41 Å². The lowest BCUT2D eigenvalue weighted by atomic mass is 9.67. The van der Waals surface area contributed by atoms with Crippen molar-refractivity contribution in [1.82, 2.24) is 9.97 Å². The Hall–Kier alpha value is -6.58. The van der Waals surface area contributed by atoms with Crippen LogP contribution in [0.3, 0.4) is 0 Å². The highest BCUT2D eigenvalue weighted by molar-refractivity contribution is 6.07. The Morgan fingerprint density at radius 1 is 0.420 bits per heavy atom. The van der Waals surface area contributed by atoms with E-state index in [4.69, 9.17) is 14.4 Å². The van der Waals surface area contributed by atoms with Crippen molar-refractivity contribution in [1.29, 1.82) is 0 Å². The van der Waals surface area contributed by atoms with E-state index in [1.807, 2.05) is 36.4 Å². The van der Waals surface area contributed by atoms with Gasteiger partial charge in [-0.1, -0.05) is 158 Å². The minimum Gasteiger partial charge on any atom is -0.452 e. The fraction of sp³-hybridized carbons (Fsp3) is 0.0213. The quantitative estimate of drug-likeness (QED) is 0.188. The van der Waals surface area contributed by atoms with Crippen molar-refractivity contribution in [3.8, 4) is 44.9 Å². The molecule has 2 heterocycles. The molecular weight excluding hydrogens is 609 g/mol. The van der Waals surface area contributed by atoms with Crippen LogP contribution in [0.5, 0.6) is 0 Å². The van der Waals surface area contributed by atoms with E-state index in [9.17, 15) is 0 Å². The van der Waals surface area contributed by atoms with Gasteiger partial charge in [-0.05, 0) is 68.8 Å². The molecule has 1 aliphatic carbocycles. The van der Waals surface area contributed by atoms with Gasteiger partial charge in [-0.2, -0.15) is 0 Å². The fourth-order valence-corrected chi connectivity index (χ4v) is 8.03. The molecule has 0 N–H and O–H groups in total. The van der Waals surface area contributed by atoms with Gasteiger partial charge in [-0.15, -0.1) is 0 Å². The second-order valence-electron chi connectivity index (χ2n) is 12.9. The molecule has 234 valence electrons. The highest BCUT2D eigenvalue weighted by Crippen LogP contribution is 2.58. The van der Waals surface area contributed by atoms with Crippen LogP contribution in [0.25, 0.3) is 67.0 Å². The number of nitrogens with zero attached hydrogens (tertiary/aromatic N) is 2. The summed E-state index contributed by atoms with van der Waals surface area (Å²) in [4.78, 5) is 10.7. The molecular formula is C47H30N2O. The molecule has 1 aliphatic rings. The maximum atomic E-state index is 6.46. The SMILES string of the molecule is c1ccc(-c2cc3c(cc2-c2nc(-c4ccccc4)c4oc5ccccc5c4n2)-c2ccccc2C3(c2ccccc2)c2ccccc2)cc1. The Kier molecular flexibility index (Phi) is 6.40. The minimum atomic E-state index is -0.517. The standard InChI is InChI=1S/C47H30N2O/c1-5-17-31(18-6-1)37-30-41-38(35-25-13-15-27-40(35)47(41,33-21-9-3-10-22-33)34-23-11-4-12-24-34)29-39(37)46-48-43(32-19-7-2-8-20-32)45-44(49-46)36-26-14-16-28-42(36)50-45/h1-30H. The van der Waals surface area contributed by atoms with Crippen LogP contribution >= 0.6 is 0 Å². The van der Waals surface area contributed by atoms with Gasteiger partial charge in [0, 0.05) is 16.5 Å². The number of para-hydroxylation sites is 1. The smallest absolute Gasteiger partial charge is 0.180 e. The number of hydrogen-bond donors (Lipinski definition) is 0. The van der Waals surface area contributed by atoms with Crippen molar-refractivity contribution in [3.05, 3.63) is 204 Å². The van der Waals surface area contributed by atoms with Crippen molar-refractivity contribution < 1.29 is 4.42 Å². The highest BCUT2D eigenvalue weighted by Gasteiger charge is 2.46. The third kappa shape index (κ3) is 4.17. The lowest BCUT2D eigenvalue weighted by molar-refractivity contribution is 0.667. The first-order valence-corrected chi connectivity index (χ1v) is 17.0. The van der Waals surface area contributed by atoms with E-state index in [2.05, 4.69) is 146 Å². The van der Waals surface area contributed by atoms with E-state index in [0.717, 1.165) is 44.4 Å². The van der Waals surface area contributed by atoms with Gasteiger partial charge in [0.1, 0.15) is 16.8 Å². The number of benzene rings is 7. The van der Waals surface area contributed by atoms with Crippen LogP contribution in [-0.4, -0.2) is 9.97 Å². The van der Waals surface area contributed by atoms with Crippen LogP contribution in [0, 0.1) is 0 Å². The zero-order valence-corrected chi connectivity index (χ0v) is 27.1. The topological polar surface area (TPSA) is 38.9 Å². The van der Waals surface area contributed by atoms with E-state index in [0.29, 0.717) is 11.4 Å². The van der Waals surface area contributed by atoms with Crippen LogP contribution < -0.4 is 0 Å². The first-order chi connectivity index (χ1) is 24.8. The van der Waals surface area contributed by atoms with Gasteiger partial charge in [0.2, 0.25) is 0 Å². The highest BCUT2D eigenvalue weighted by atomic mass is 16.3. The first kappa shape index (κ1) is 28.4. The number of aromatic nitrogens is 2. The molecule has 7 aromatic carbocycles. The second kappa shape index (κ2) is 11.3. The minimum absolute atomic E-state index is 0.517. The van der Waals surface area contributed by atoms with Gasteiger partial charge in [0.25, 0.3) is 0 Å². The van der Waals surface area contributed by atoms with Gasteiger partial charge in [0.15, 0.2) is 11.4 Å². The Morgan fingerprint density at radius 2 is 1.00 bits per heavy atom. The molecule has 0 amide bonds. The van der Waals surface area contributed by atoms with Gasteiger partial charge >= 0.3 is 0 Å². The molecule has 10 rings (SSSR count). The Labute approximate surface area is 290 Å². The summed E-state index contributed by atoms with van der Waals surface area (Å²) < 4.78 is 6.46.